The van der Waals surface area contributed by atoms with Crippen LogP contribution in [0.3, 0.4) is 0 Å². The number of aryl methyl sites for hydroxylation is 1. The van der Waals surface area contributed by atoms with E-state index in [2.05, 4.69) is 24.8 Å². The average molecular weight is 335 g/mol. The van der Waals surface area contributed by atoms with E-state index in [4.69, 9.17) is 0 Å². The second kappa shape index (κ2) is 8.43. The van der Waals surface area contributed by atoms with Crippen LogP contribution in [0.4, 0.5) is 0 Å². The molecule has 0 bridgehead atoms. The van der Waals surface area contributed by atoms with Gasteiger partial charge in [0.15, 0.2) is 11.6 Å². The van der Waals surface area contributed by atoms with Crippen LogP contribution in [0.1, 0.15) is 52.6 Å². The fourth-order valence-corrected chi connectivity index (χ4v) is 2.80. The van der Waals surface area contributed by atoms with E-state index in [1.54, 1.807) is 30.3 Å². The molecule has 130 valence electrons. The summed E-state index contributed by atoms with van der Waals surface area (Å²) in [4.78, 5) is 26.3. The molecular formula is C22H25NO2. The molecule has 25 heavy (non-hydrogen) atoms. The number of rotatable bonds is 7. The van der Waals surface area contributed by atoms with Crippen LogP contribution in [0, 0.1) is 6.92 Å². The van der Waals surface area contributed by atoms with Gasteiger partial charge in [-0.25, -0.2) is 0 Å². The lowest BCUT2D eigenvalue weighted by Crippen LogP contribution is -2.22. The Bertz CT molecular complexity index is 784. The first kappa shape index (κ1) is 18.7. The standard InChI is InChI=1S/C22H25NO2/c1-5-23(6-2)21(20-9-7-8-16(3)14-20)15-22(25)19-12-10-18(11-13-19)17(4)24/h7-15H,5-6H2,1-4H3/b21-15-. The highest BCUT2D eigenvalue weighted by atomic mass is 16.1. The Morgan fingerprint density at radius 3 is 2.04 bits per heavy atom. The Labute approximate surface area is 150 Å². The summed E-state index contributed by atoms with van der Waals surface area (Å²) in [7, 11) is 0. The van der Waals surface area contributed by atoms with Gasteiger partial charge < -0.3 is 4.90 Å². The maximum Gasteiger partial charge on any atom is 0.187 e. The predicted octanol–water partition coefficient (Wildman–Crippen LogP) is 4.76. The molecule has 2 aromatic carbocycles. The normalized spacial score (nSPS) is 11.3. The smallest absolute Gasteiger partial charge is 0.187 e. The Kier molecular flexibility index (Phi) is 6.29. The maximum atomic E-state index is 12.7. The highest BCUT2D eigenvalue weighted by Crippen LogP contribution is 2.21. The number of carbonyl (C=O) groups excluding carboxylic acids is 2. The van der Waals surface area contributed by atoms with Gasteiger partial charge in [-0.1, -0.05) is 48.0 Å². The van der Waals surface area contributed by atoms with Crippen LogP contribution in [0.15, 0.2) is 54.6 Å². The molecule has 0 amide bonds. The summed E-state index contributed by atoms with van der Waals surface area (Å²) >= 11 is 0. The Morgan fingerprint density at radius 2 is 1.52 bits per heavy atom. The van der Waals surface area contributed by atoms with Gasteiger partial charge in [0.2, 0.25) is 0 Å². The molecule has 0 aliphatic rings. The first-order valence-corrected chi connectivity index (χ1v) is 8.65. The van der Waals surface area contributed by atoms with Crippen molar-refractivity contribution >= 4 is 17.3 Å². The number of Topliss-reactive ketones (excluding diaryl/α,β-unsaturated/α-hetero) is 1. The molecule has 0 saturated carbocycles. The van der Waals surface area contributed by atoms with Gasteiger partial charge >= 0.3 is 0 Å². The molecule has 3 heteroatoms. The van der Waals surface area contributed by atoms with Gasteiger partial charge in [-0.15, -0.1) is 0 Å². The van der Waals surface area contributed by atoms with Crippen molar-refractivity contribution in [1.29, 1.82) is 0 Å². The minimum Gasteiger partial charge on any atom is -0.371 e. The van der Waals surface area contributed by atoms with Crippen molar-refractivity contribution in [2.45, 2.75) is 27.7 Å². The van der Waals surface area contributed by atoms with Crippen LogP contribution in [0.5, 0.6) is 0 Å². The zero-order chi connectivity index (χ0) is 18.4. The second-order valence-electron chi connectivity index (χ2n) is 6.07. The van der Waals surface area contributed by atoms with E-state index in [-0.39, 0.29) is 11.6 Å². The molecule has 0 aliphatic carbocycles. The van der Waals surface area contributed by atoms with Crippen LogP contribution in [0.25, 0.3) is 5.70 Å². The monoisotopic (exact) mass is 335 g/mol. The van der Waals surface area contributed by atoms with Crippen LogP contribution in [-0.4, -0.2) is 29.6 Å². The Hall–Kier alpha value is -2.68. The molecule has 2 rings (SSSR count). The second-order valence-corrected chi connectivity index (χ2v) is 6.07. The Balaban J connectivity index is 2.42. The molecule has 0 aliphatic heterocycles. The fraction of sp³-hybridized carbons (Fsp3) is 0.273. The lowest BCUT2D eigenvalue weighted by molar-refractivity contribution is 0.101. The minimum absolute atomic E-state index is 0.00173. The number of allylic oxidation sites excluding steroid dienone is 1. The summed E-state index contributed by atoms with van der Waals surface area (Å²) in [6.45, 7) is 9.39. The summed E-state index contributed by atoms with van der Waals surface area (Å²) in [6.07, 6.45) is 1.70. The van der Waals surface area contributed by atoms with Crippen LogP contribution in [0.2, 0.25) is 0 Å². The van der Waals surface area contributed by atoms with Gasteiger partial charge in [-0.05, 0) is 39.3 Å². The third kappa shape index (κ3) is 4.66. The van der Waals surface area contributed by atoms with Crippen LogP contribution in [-0.2, 0) is 0 Å². The zero-order valence-corrected chi connectivity index (χ0v) is 15.4. The first-order valence-electron chi connectivity index (χ1n) is 8.65. The van der Waals surface area contributed by atoms with E-state index in [0.717, 1.165) is 29.9 Å². The zero-order valence-electron chi connectivity index (χ0n) is 15.4. The summed E-state index contributed by atoms with van der Waals surface area (Å²) in [6, 6.07) is 15.0. The van der Waals surface area contributed by atoms with Crippen molar-refractivity contribution in [3.05, 3.63) is 76.9 Å². The summed E-state index contributed by atoms with van der Waals surface area (Å²) in [5, 5.41) is 0. The lowest BCUT2D eigenvalue weighted by Gasteiger charge is -2.25. The fourth-order valence-electron chi connectivity index (χ4n) is 2.80. The third-order valence-corrected chi connectivity index (χ3v) is 4.26. The van der Waals surface area contributed by atoms with E-state index in [1.807, 2.05) is 25.1 Å². The number of hydrogen-bond donors (Lipinski definition) is 0. The predicted molar refractivity (Wildman–Crippen MR) is 103 cm³/mol. The number of ketones is 2. The van der Waals surface area contributed by atoms with Gasteiger partial charge in [0.25, 0.3) is 0 Å². The number of hydrogen-bond acceptors (Lipinski definition) is 3. The van der Waals surface area contributed by atoms with Gasteiger partial charge in [0, 0.05) is 36.0 Å². The van der Waals surface area contributed by atoms with Crippen molar-refractivity contribution in [2.24, 2.45) is 0 Å². The quantitative estimate of drug-likeness (QED) is 0.540. The van der Waals surface area contributed by atoms with Gasteiger partial charge in [-0.2, -0.15) is 0 Å². The van der Waals surface area contributed by atoms with E-state index in [0.29, 0.717) is 11.1 Å². The SMILES string of the molecule is CCN(CC)/C(=C\C(=O)c1ccc(C(C)=O)cc1)c1cccc(C)c1. The largest absolute Gasteiger partial charge is 0.371 e. The van der Waals surface area contributed by atoms with Crippen molar-refractivity contribution < 1.29 is 9.59 Å². The van der Waals surface area contributed by atoms with E-state index in [9.17, 15) is 9.59 Å². The maximum absolute atomic E-state index is 12.7. The van der Waals surface area contributed by atoms with Gasteiger partial charge in [0.1, 0.15) is 0 Å². The molecular weight excluding hydrogens is 310 g/mol. The lowest BCUT2D eigenvalue weighted by atomic mass is 10.0. The highest BCUT2D eigenvalue weighted by Gasteiger charge is 2.13. The van der Waals surface area contributed by atoms with E-state index in [1.165, 1.54) is 6.92 Å². The van der Waals surface area contributed by atoms with Gasteiger partial charge in [0.05, 0.1) is 0 Å². The molecule has 0 saturated heterocycles. The molecule has 0 fully saturated rings. The summed E-state index contributed by atoms with van der Waals surface area (Å²) in [5.74, 6) is -0.0587. The molecule has 0 unspecified atom stereocenters. The molecule has 0 aromatic heterocycles. The van der Waals surface area contributed by atoms with Gasteiger partial charge in [-0.3, -0.25) is 9.59 Å². The molecule has 0 atom stereocenters. The number of benzene rings is 2. The molecule has 3 nitrogen and oxygen atoms in total. The summed E-state index contributed by atoms with van der Waals surface area (Å²) < 4.78 is 0. The van der Waals surface area contributed by atoms with Crippen molar-refractivity contribution in [3.63, 3.8) is 0 Å². The first-order chi connectivity index (χ1) is 12.0. The minimum atomic E-state index is -0.0569. The number of carbonyl (C=O) groups is 2. The molecule has 0 heterocycles. The Morgan fingerprint density at radius 1 is 0.920 bits per heavy atom. The highest BCUT2D eigenvalue weighted by molar-refractivity contribution is 6.08. The van der Waals surface area contributed by atoms with E-state index < -0.39 is 0 Å². The average Bonchev–Trinajstić information content (AvgIpc) is 2.61. The van der Waals surface area contributed by atoms with Crippen molar-refractivity contribution in [3.8, 4) is 0 Å². The van der Waals surface area contributed by atoms with Crippen molar-refractivity contribution in [2.75, 3.05) is 13.1 Å². The number of nitrogens with zero attached hydrogens (tertiary/aromatic N) is 1. The summed E-state index contributed by atoms with van der Waals surface area (Å²) in [5.41, 5.74) is 4.33. The van der Waals surface area contributed by atoms with Crippen molar-refractivity contribution in [1.82, 2.24) is 4.90 Å². The molecule has 2 aromatic rings. The third-order valence-electron chi connectivity index (χ3n) is 4.26. The molecule has 0 N–H and O–H groups in total. The molecule has 0 spiro atoms. The van der Waals surface area contributed by atoms with Crippen LogP contribution < -0.4 is 0 Å². The topological polar surface area (TPSA) is 37.4 Å². The molecule has 0 radical (unpaired) electrons. The van der Waals surface area contributed by atoms with Crippen LogP contribution >= 0.6 is 0 Å². The van der Waals surface area contributed by atoms with E-state index >= 15 is 0 Å².